The van der Waals surface area contributed by atoms with Crippen molar-refractivity contribution < 1.29 is 28.6 Å². The smallest absolute Gasteiger partial charge is 0.306 e. The molecule has 0 radical (unpaired) electrons. The lowest BCUT2D eigenvalue weighted by molar-refractivity contribution is -0.167. The first-order valence-electron chi connectivity index (χ1n) is 30.6. The Morgan fingerprint density at radius 1 is 0.294 bits per heavy atom. The van der Waals surface area contributed by atoms with Gasteiger partial charge in [-0.15, -0.1) is 0 Å². The molecule has 0 aromatic carbocycles. The van der Waals surface area contributed by atoms with Crippen molar-refractivity contribution >= 4 is 17.9 Å². The minimum atomic E-state index is -0.764. The number of esters is 3. The molecule has 0 heterocycles. The molecule has 0 bridgehead atoms. The molecule has 6 heteroatoms. The Morgan fingerprint density at radius 2 is 0.515 bits per heavy atom. The van der Waals surface area contributed by atoms with Gasteiger partial charge in [0, 0.05) is 19.3 Å². The number of ether oxygens (including phenoxy) is 3. The van der Waals surface area contributed by atoms with Crippen molar-refractivity contribution in [3.8, 4) is 0 Å². The molecule has 0 saturated carbocycles. The van der Waals surface area contributed by atoms with Crippen molar-refractivity contribution in [1.29, 1.82) is 0 Å². The quantitative estimate of drug-likeness (QED) is 0.0343. The Balaban J connectivity index is 4.20. The second kappa shape index (κ2) is 53.2. The summed E-state index contributed by atoms with van der Waals surface area (Å²) in [5, 5.41) is 0. The highest BCUT2D eigenvalue weighted by atomic mass is 16.6. The highest BCUT2D eigenvalue weighted by Gasteiger charge is 2.19. The van der Waals surface area contributed by atoms with Crippen LogP contribution in [-0.2, 0) is 28.6 Å². The van der Waals surface area contributed by atoms with Gasteiger partial charge in [-0.05, 0) is 37.0 Å². The van der Waals surface area contributed by atoms with Crippen molar-refractivity contribution in [2.45, 2.75) is 349 Å². The number of carbonyl (C=O) groups is 3. The summed E-state index contributed by atoms with van der Waals surface area (Å²) < 4.78 is 16.9. The van der Waals surface area contributed by atoms with Gasteiger partial charge in [0.05, 0.1) is 0 Å². The van der Waals surface area contributed by atoms with Gasteiger partial charge in [0.2, 0.25) is 0 Å². The molecular formula is C62H120O6. The van der Waals surface area contributed by atoms with E-state index in [-0.39, 0.29) is 31.1 Å². The minimum absolute atomic E-state index is 0.0636. The first-order valence-corrected chi connectivity index (χ1v) is 30.6. The van der Waals surface area contributed by atoms with E-state index in [9.17, 15) is 14.4 Å². The van der Waals surface area contributed by atoms with E-state index in [1.165, 1.54) is 225 Å². The van der Waals surface area contributed by atoms with Gasteiger partial charge >= 0.3 is 17.9 Å². The summed E-state index contributed by atoms with van der Waals surface area (Å²) >= 11 is 0. The lowest BCUT2D eigenvalue weighted by atomic mass is 9.99. The van der Waals surface area contributed by atoms with Gasteiger partial charge in [0.15, 0.2) is 6.10 Å². The Bertz CT molecular complexity index is 1060. The van der Waals surface area contributed by atoms with E-state index >= 15 is 0 Å². The predicted molar refractivity (Wildman–Crippen MR) is 293 cm³/mol. The number of carbonyl (C=O) groups excluding carboxylic acids is 3. The van der Waals surface area contributed by atoms with Crippen LogP contribution < -0.4 is 0 Å². The lowest BCUT2D eigenvalue weighted by Gasteiger charge is -2.18. The summed E-state index contributed by atoms with van der Waals surface area (Å²) in [6.45, 7) is 13.8. The average molecular weight is 962 g/mol. The Hall–Kier alpha value is -1.59. The third-order valence-corrected chi connectivity index (χ3v) is 14.5. The van der Waals surface area contributed by atoms with Gasteiger partial charge in [-0.1, -0.05) is 305 Å². The van der Waals surface area contributed by atoms with Crippen molar-refractivity contribution in [3.05, 3.63) is 0 Å². The van der Waals surface area contributed by atoms with Gasteiger partial charge in [-0.2, -0.15) is 0 Å². The molecule has 0 aliphatic rings. The highest BCUT2D eigenvalue weighted by molar-refractivity contribution is 5.71. The number of unbranched alkanes of at least 4 members (excludes halogenated alkanes) is 37. The van der Waals surface area contributed by atoms with E-state index in [1.54, 1.807) is 0 Å². The first-order chi connectivity index (χ1) is 33.1. The molecule has 1 unspecified atom stereocenters. The summed E-state index contributed by atoms with van der Waals surface area (Å²) in [6.07, 6.45) is 56.8. The zero-order valence-electron chi connectivity index (χ0n) is 46.9. The summed E-state index contributed by atoms with van der Waals surface area (Å²) in [6, 6.07) is 0. The van der Waals surface area contributed by atoms with Crippen LogP contribution in [0.25, 0.3) is 0 Å². The standard InChI is InChI=1S/C62H120O6/c1-7-58(6)50-44-38-32-25-21-17-12-10-8-9-11-13-18-22-26-33-39-45-51-60(63)66-54-59(68-62(65)53-47-41-35-29-28-31-37-43-49-57(4)5)55-67-61(64)52-46-40-34-27-23-19-15-14-16-20-24-30-36-42-48-56(2)3/h56-59H,7-55H2,1-6H3/t58?,59-/m1/s1. The monoisotopic (exact) mass is 961 g/mol. The van der Waals surface area contributed by atoms with Crippen LogP contribution in [0.3, 0.4) is 0 Å². The topological polar surface area (TPSA) is 78.9 Å². The highest BCUT2D eigenvalue weighted by Crippen LogP contribution is 2.19. The van der Waals surface area contributed by atoms with Gasteiger partial charge in [0.25, 0.3) is 0 Å². The third kappa shape index (κ3) is 53.8. The summed E-state index contributed by atoms with van der Waals surface area (Å²) in [7, 11) is 0. The molecule has 2 atom stereocenters. The number of rotatable bonds is 55. The maximum absolute atomic E-state index is 12.8. The van der Waals surface area contributed by atoms with Crippen LogP contribution in [-0.4, -0.2) is 37.2 Å². The van der Waals surface area contributed by atoms with Crippen LogP contribution in [0.15, 0.2) is 0 Å². The van der Waals surface area contributed by atoms with E-state index in [0.29, 0.717) is 19.3 Å². The zero-order valence-corrected chi connectivity index (χ0v) is 46.9. The van der Waals surface area contributed by atoms with Crippen LogP contribution in [0.5, 0.6) is 0 Å². The first kappa shape index (κ1) is 66.4. The maximum atomic E-state index is 12.8. The van der Waals surface area contributed by atoms with Crippen LogP contribution >= 0.6 is 0 Å². The average Bonchev–Trinajstić information content (AvgIpc) is 3.31. The zero-order chi connectivity index (χ0) is 49.8. The molecule has 0 aliphatic heterocycles. The SMILES string of the molecule is CCC(C)CCCCCCCCCCCCCCCCCCCCC(=O)OC[C@H](COC(=O)CCCCCCCCCCCCCCCCC(C)C)OC(=O)CCCCCCCCCCC(C)C. The fraction of sp³-hybridized carbons (Fsp3) is 0.952. The van der Waals surface area contributed by atoms with E-state index in [2.05, 4.69) is 41.5 Å². The van der Waals surface area contributed by atoms with Gasteiger partial charge in [-0.3, -0.25) is 14.4 Å². The van der Waals surface area contributed by atoms with Gasteiger partial charge in [-0.25, -0.2) is 0 Å². The lowest BCUT2D eigenvalue weighted by Crippen LogP contribution is -2.30. The molecule has 0 N–H and O–H groups in total. The van der Waals surface area contributed by atoms with Gasteiger partial charge < -0.3 is 14.2 Å². The molecule has 0 spiro atoms. The maximum Gasteiger partial charge on any atom is 0.306 e. The Kier molecular flexibility index (Phi) is 52.0. The fourth-order valence-corrected chi connectivity index (χ4v) is 9.50. The Morgan fingerprint density at radius 3 is 0.765 bits per heavy atom. The summed E-state index contributed by atoms with van der Waals surface area (Å²) in [4.78, 5) is 38.2. The van der Waals surface area contributed by atoms with E-state index in [0.717, 1.165) is 75.5 Å². The molecule has 0 aromatic rings. The summed E-state index contributed by atoms with van der Waals surface area (Å²) in [5.74, 6) is 1.71. The molecule has 0 aliphatic carbocycles. The van der Waals surface area contributed by atoms with Crippen LogP contribution in [0.2, 0.25) is 0 Å². The largest absolute Gasteiger partial charge is 0.462 e. The third-order valence-electron chi connectivity index (χ3n) is 14.5. The van der Waals surface area contributed by atoms with Crippen molar-refractivity contribution in [2.75, 3.05) is 13.2 Å². The molecule has 404 valence electrons. The molecule has 0 rings (SSSR count). The second-order valence-electron chi connectivity index (χ2n) is 22.5. The number of hydrogen-bond acceptors (Lipinski definition) is 6. The van der Waals surface area contributed by atoms with E-state index in [4.69, 9.17) is 14.2 Å². The molecule has 68 heavy (non-hydrogen) atoms. The number of hydrogen-bond donors (Lipinski definition) is 0. The van der Waals surface area contributed by atoms with Crippen molar-refractivity contribution in [3.63, 3.8) is 0 Å². The molecule has 0 fully saturated rings. The summed E-state index contributed by atoms with van der Waals surface area (Å²) in [5.41, 5.74) is 0. The Labute approximate surface area is 425 Å². The molecule has 0 amide bonds. The van der Waals surface area contributed by atoms with Crippen LogP contribution in [0, 0.1) is 17.8 Å². The van der Waals surface area contributed by atoms with Crippen LogP contribution in [0.1, 0.15) is 343 Å². The minimum Gasteiger partial charge on any atom is -0.462 e. The van der Waals surface area contributed by atoms with Crippen molar-refractivity contribution in [2.24, 2.45) is 17.8 Å². The van der Waals surface area contributed by atoms with Gasteiger partial charge in [0.1, 0.15) is 13.2 Å². The molecule has 0 saturated heterocycles. The van der Waals surface area contributed by atoms with Crippen molar-refractivity contribution in [1.82, 2.24) is 0 Å². The fourth-order valence-electron chi connectivity index (χ4n) is 9.50. The second-order valence-corrected chi connectivity index (χ2v) is 22.5. The normalized spacial score (nSPS) is 12.5. The predicted octanol–water partition coefficient (Wildman–Crippen LogP) is 20.3. The molecule has 6 nitrogen and oxygen atoms in total. The molecule has 0 aromatic heterocycles. The van der Waals surface area contributed by atoms with E-state index < -0.39 is 6.10 Å². The van der Waals surface area contributed by atoms with E-state index in [1.807, 2.05) is 0 Å². The molecular weight excluding hydrogens is 841 g/mol. The van der Waals surface area contributed by atoms with Crippen LogP contribution in [0.4, 0.5) is 0 Å².